The molecule has 1 aromatic heterocycles. The molecule has 2 aromatic rings. The third kappa shape index (κ3) is 4.02. The van der Waals surface area contributed by atoms with E-state index in [1.807, 2.05) is 0 Å². The molecule has 1 saturated heterocycles. The summed E-state index contributed by atoms with van der Waals surface area (Å²) in [4.78, 5) is 20.5. The topological polar surface area (TPSA) is 147 Å². The highest BCUT2D eigenvalue weighted by atomic mass is 32.2. The summed E-state index contributed by atoms with van der Waals surface area (Å²) in [6.45, 7) is -0.541. The molecule has 11 nitrogen and oxygen atoms in total. The number of alkyl halides is 1. The van der Waals surface area contributed by atoms with Crippen molar-refractivity contribution in [2.75, 3.05) is 38.0 Å². The SMILES string of the molecule is CN1C(=N)N[C@@]2(CCOc3ccc(NC(=O)c4cnc(OCCF)cn4)cc32)CS1(=O)=O. The van der Waals surface area contributed by atoms with E-state index in [0.29, 0.717) is 23.4 Å². The Hall–Kier alpha value is -3.48. The van der Waals surface area contributed by atoms with Crippen LogP contribution in [0, 0.1) is 5.41 Å². The molecule has 13 heteroatoms. The molecule has 0 unspecified atom stereocenters. The molecule has 3 N–H and O–H groups in total. The maximum atomic E-state index is 12.6. The lowest BCUT2D eigenvalue weighted by Gasteiger charge is -2.45. The third-order valence-corrected chi connectivity index (χ3v) is 7.12. The summed E-state index contributed by atoms with van der Waals surface area (Å²) in [6.07, 6.45) is 2.76. The number of carbonyl (C=O) groups is 1. The van der Waals surface area contributed by atoms with Crippen LogP contribution in [0.25, 0.3) is 0 Å². The van der Waals surface area contributed by atoms with Gasteiger partial charge in [0.25, 0.3) is 5.91 Å². The minimum absolute atomic E-state index is 0.0167. The number of sulfonamides is 1. The first kappa shape index (κ1) is 21.7. The molecule has 4 rings (SSSR count). The number of ether oxygens (including phenoxy) is 2. The first-order chi connectivity index (χ1) is 15.2. The Kier molecular flexibility index (Phi) is 5.59. The maximum Gasteiger partial charge on any atom is 0.275 e. The van der Waals surface area contributed by atoms with Crippen LogP contribution in [0.2, 0.25) is 0 Å². The number of aromatic nitrogens is 2. The standard InChI is InChI=1S/C19H21FN6O5S/c1-26-18(21)25-19(11-32(26,28)29)4-6-30-15-3-2-12(8-13(15)19)24-17(27)14-9-23-16(10-22-14)31-7-5-20/h2-3,8-10H,4-7,11H2,1H3,(H2,21,25)(H,24,27)/t19-/m0/s1. The van der Waals surface area contributed by atoms with Gasteiger partial charge in [-0.3, -0.25) is 10.2 Å². The van der Waals surface area contributed by atoms with Crippen molar-refractivity contribution in [3.05, 3.63) is 41.9 Å². The molecular weight excluding hydrogens is 443 g/mol. The van der Waals surface area contributed by atoms with Gasteiger partial charge in [-0.1, -0.05) is 0 Å². The highest BCUT2D eigenvalue weighted by Crippen LogP contribution is 2.41. The predicted octanol–water partition coefficient (Wildman–Crippen LogP) is 0.855. The first-order valence-corrected chi connectivity index (χ1v) is 11.3. The van der Waals surface area contributed by atoms with Gasteiger partial charge in [0.2, 0.25) is 21.9 Å². The lowest BCUT2D eigenvalue weighted by Crippen LogP contribution is -2.63. The zero-order valence-corrected chi connectivity index (χ0v) is 17.9. The largest absolute Gasteiger partial charge is 0.493 e. The van der Waals surface area contributed by atoms with Crippen molar-refractivity contribution in [1.29, 1.82) is 5.41 Å². The molecule has 2 aliphatic rings. The van der Waals surface area contributed by atoms with Gasteiger partial charge >= 0.3 is 0 Å². The van der Waals surface area contributed by atoms with E-state index in [-0.39, 0.29) is 36.5 Å². The molecule has 1 amide bonds. The summed E-state index contributed by atoms with van der Waals surface area (Å²) in [5.74, 6) is -0.452. The number of carbonyl (C=O) groups excluding carboxylic acids is 1. The number of anilines is 1. The zero-order chi connectivity index (χ0) is 22.9. The van der Waals surface area contributed by atoms with Crippen LogP contribution in [0.1, 0.15) is 22.5 Å². The van der Waals surface area contributed by atoms with Crippen LogP contribution < -0.4 is 20.1 Å². The molecule has 170 valence electrons. The lowest BCUT2D eigenvalue weighted by molar-refractivity contribution is 0.102. The van der Waals surface area contributed by atoms with Gasteiger partial charge in [-0.15, -0.1) is 0 Å². The number of nitrogens with one attached hydrogen (secondary N) is 3. The molecule has 0 aliphatic carbocycles. The predicted molar refractivity (Wildman–Crippen MR) is 112 cm³/mol. The van der Waals surface area contributed by atoms with Gasteiger partial charge in [-0.25, -0.2) is 27.1 Å². The Morgan fingerprint density at radius 2 is 2.22 bits per heavy atom. The Balaban J connectivity index is 1.59. The Morgan fingerprint density at radius 1 is 1.41 bits per heavy atom. The normalized spacial score (nSPS) is 21.3. The number of guanidine groups is 1. The minimum Gasteiger partial charge on any atom is -0.493 e. The quantitative estimate of drug-likeness (QED) is 0.590. The number of fused-ring (bicyclic) bond motifs is 2. The van der Waals surface area contributed by atoms with Gasteiger partial charge in [0.1, 0.15) is 24.7 Å². The monoisotopic (exact) mass is 464 g/mol. The van der Waals surface area contributed by atoms with Crippen molar-refractivity contribution in [3.63, 3.8) is 0 Å². The highest BCUT2D eigenvalue weighted by Gasteiger charge is 2.48. The van der Waals surface area contributed by atoms with Crippen molar-refractivity contribution >= 4 is 27.6 Å². The molecule has 1 fully saturated rings. The van der Waals surface area contributed by atoms with Crippen molar-refractivity contribution < 1.29 is 27.1 Å². The smallest absolute Gasteiger partial charge is 0.275 e. The lowest BCUT2D eigenvalue weighted by atomic mass is 9.85. The maximum absolute atomic E-state index is 12.6. The average molecular weight is 464 g/mol. The Labute approximate surface area is 183 Å². The van der Waals surface area contributed by atoms with Crippen LogP contribution in [0.3, 0.4) is 0 Å². The van der Waals surface area contributed by atoms with E-state index in [9.17, 15) is 17.6 Å². The van der Waals surface area contributed by atoms with Crippen LogP contribution in [-0.2, 0) is 15.6 Å². The number of hydrogen-bond acceptors (Lipinski definition) is 8. The Morgan fingerprint density at radius 3 is 2.91 bits per heavy atom. The molecule has 2 aliphatic heterocycles. The third-order valence-electron chi connectivity index (χ3n) is 5.25. The van der Waals surface area contributed by atoms with Crippen LogP contribution in [0.5, 0.6) is 11.6 Å². The first-order valence-electron chi connectivity index (χ1n) is 9.67. The van der Waals surface area contributed by atoms with Gasteiger partial charge in [-0.05, 0) is 18.2 Å². The van der Waals surface area contributed by atoms with E-state index in [1.165, 1.54) is 19.4 Å². The number of halogens is 1. The molecule has 0 bridgehead atoms. The van der Waals surface area contributed by atoms with Crippen LogP contribution in [0.4, 0.5) is 10.1 Å². The van der Waals surface area contributed by atoms with E-state index in [4.69, 9.17) is 14.9 Å². The molecule has 0 radical (unpaired) electrons. The molecular formula is C19H21FN6O5S. The summed E-state index contributed by atoms with van der Waals surface area (Å²) in [7, 11) is -2.38. The summed E-state index contributed by atoms with van der Waals surface area (Å²) in [5, 5.41) is 13.8. The van der Waals surface area contributed by atoms with Gasteiger partial charge in [0, 0.05) is 24.7 Å². The van der Waals surface area contributed by atoms with Gasteiger partial charge in [0.05, 0.1) is 30.3 Å². The molecule has 3 heterocycles. The summed E-state index contributed by atoms with van der Waals surface area (Å²) in [6, 6.07) is 4.89. The van der Waals surface area contributed by atoms with Crippen molar-refractivity contribution in [3.8, 4) is 11.6 Å². The summed E-state index contributed by atoms with van der Waals surface area (Å²) in [5.41, 5.74) is -0.110. The van der Waals surface area contributed by atoms with Gasteiger partial charge in [-0.2, -0.15) is 0 Å². The van der Waals surface area contributed by atoms with Crippen LogP contribution >= 0.6 is 0 Å². The Bertz CT molecular complexity index is 1160. The highest BCUT2D eigenvalue weighted by molar-refractivity contribution is 7.89. The van der Waals surface area contributed by atoms with E-state index in [1.54, 1.807) is 18.2 Å². The van der Waals surface area contributed by atoms with Crippen molar-refractivity contribution in [1.82, 2.24) is 19.6 Å². The molecule has 1 spiro atoms. The van der Waals surface area contributed by atoms with E-state index >= 15 is 0 Å². The molecule has 0 saturated carbocycles. The number of benzene rings is 1. The fourth-order valence-corrected chi connectivity index (χ4v) is 5.10. The number of hydrogen-bond donors (Lipinski definition) is 3. The van der Waals surface area contributed by atoms with Gasteiger partial charge < -0.3 is 20.1 Å². The van der Waals surface area contributed by atoms with Crippen LogP contribution in [-0.4, -0.2) is 67.2 Å². The van der Waals surface area contributed by atoms with Crippen molar-refractivity contribution in [2.45, 2.75) is 12.0 Å². The molecule has 32 heavy (non-hydrogen) atoms. The fourth-order valence-electron chi connectivity index (χ4n) is 3.59. The molecule has 1 aromatic carbocycles. The fraction of sp³-hybridized carbons (Fsp3) is 0.368. The minimum atomic E-state index is -3.70. The second-order valence-electron chi connectivity index (χ2n) is 7.32. The summed E-state index contributed by atoms with van der Waals surface area (Å²) >= 11 is 0. The van der Waals surface area contributed by atoms with E-state index in [2.05, 4.69) is 20.6 Å². The second-order valence-corrected chi connectivity index (χ2v) is 9.32. The second kappa shape index (κ2) is 8.22. The number of rotatable bonds is 5. The number of amides is 1. The van der Waals surface area contributed by atoms with Crippen molar-refractivity contribution in [2.24, 2.45) is 0 Å². The summed E-state index contributed by atoms with van der Waals surface area (Å²) < 4.78 is 48.9. The van der Waals surface area contributed by atoms with E-state index in [0.717, 1.165) is 4.31 Å². The number of nitrogens with zero attached hydrogens (tertiary/aromatic N) is 3. The zero-order valence-electron chi connectivity index (χ0n) is 17.1. The van der Waals surface area contributed by atoms with E-state index < -0.39 is 28.1 Å². The van der Waals surface area contributed by atoms with Gasteiger partial charge in [0.15, 0.2) is 0 Å². The molecule has 1 atom stereocenters. The average Bonchev–Trinajstić information content (AvgIpc) is 2.77. The van der Waals surface area contributed by atoms with Crippen LogP contribution in [0.15, 0.2) is 30.6 Å².